The highest BCUT2D eigenvalue weighted by Gasteiger charge is 2.23. The van der Waals surface area contributed by atoms with Gasteiger partial charge in [0.1, 0.15) is 5.82 Å². The number of carbonyl (C=O) groups excluding carboxylic acids is 1. The summed E-state index contributed by atoms with van der Waals surface area (Å²) in [4.78, 5) is 12.0. The lowest BCUT2D eigenvalue weighted by Crippen LogP contribution is -2.35. The quantitative estimate of drug-likeness (QED) is 0.816. The van der Waals surface area contributed by atoms with Crippen molar-refractivity contribution in [2.24, 2.45) is 0 Å². The van der Waals surface area contributed by atoms with E-state index in [1.165, 1.54) is 7.05 Å². The van der Waals surface area contributed by atoms with E-state index in [1.54, 1.807) is 12.1 Å². The molecule has 0 aliphatic carbocycles. The summed E-state index contributed by atoms with van der Waals surface area (Å²) in [6, 6.07) is 9.80. The van der Waals surface area contributed by atoms with Gasteiger partial charge in [0.25, 0.3) is 0 Å². The molecule has 0 spiro atoms. The minimum absolute atomic E-state index is 0.0703. The number of hydrogen-bond acceptors (Lipinski definition) is 3. The summed E-state index contributed by atoms with van der Waals surface area (Å²) < 4.78 is 39.4. The number of anilines is 1. The average Bonchev–Trinajstić information content (AvgIpc) is 2.50. The molecule has 8 heteroatoms. The Morgan fingerprint density at radius 1 is 1.21 bits per heavy atom. The zero-order chi connectivity index (χ0) is 17.9. The number of rotatable bonds is 5. The Balaban J connectivity index is 2.09. The van der Waals surface area contributed by atoms with Crippen LogP contribution in [0.5, 0.6) is 0 Å². The molecule has 2 aromatic rings. The SMILES string of the molecule is Cc1cc(Br)ccc1NC(=O)CN(C)S(=O)(=O)c1ccc(F)cc1. The lowest BCUT2D eigenvalue weighted by atomic mass is 10.2. The van der Waals surface area contributed by atoms with Crippen LogP contribution in [-0.4, -0.2) is 32.2 Å². The first-order chi connectivity index (χ1) is 11.2. The number of amides is 1. The Hall–Kier alpha value is -1.77. The van der Waals surface area contributed by atoms with Gasteiger partial charge in [0.2, 0.25) is 15.9 Å². The molecule has 0 fully saturated rings. The predicted molar refractivity (Wildman–Crippen MR) is 93.7 cm³/mol. The third-order valence-electron chi connectivity index (χ3n) is 3.35. The number of nitrogens with zero attached hydrogens (tertiary/aromatic N) is 1. The third-order valence-corrected chi connectivity index (χ3v) is 5.66. The molecule has 0 atom stereocenters. The molecule has 0 aromatic heterocycles. The minimum atomic E-state index is -3.86. The lowest BCUT2D eigenvalue weighted by molar-refractivity contribution is -0.116. The maximum absolute atomic E-state index is 12.9. The van der Waals surface area contributed by atoms with Crippen molar-refractivity contribution in [3.63, 3.8) is 0 Å². The first kappa shape index (κ1) is 18.6. The largest absolute Gasteiger partial charge is 0.325 e. The van der Waals surface area contributed by atoms with Crippen molar-refractivity contribution in [2.75, 3.05) is 18.9 Å². The van der Waals surface area contributed by atoms with E-state index in [2.05, 4.69) is 21.2 Å². The molecule has 0 bridgehead atoms. The molecule has 0 aliphatic rings. The van der Waals surface area contributed by atoms with E-state index in [9.17, 15) is 17.6 Å². The van der Waals surface area contributed by atoms with Crippen molar-refractivity contribution in [3.8, 4) is 0 Å². The summed E-state index contributed by atoms with van der Waals surface area (Å²) in [5, 5.41) is 2.68. The van der Waals surface area contributed by atoms with Gasteiger partial charge in [-0.3, -0.25) is 4.79 Å². The van der Waals surface area contributed by atoms with Crippen molar-refractivity contribution in [3.05, 3.63) is 58.3 Å². The number of nitrogens with one attached hydrogen (secondary N) is 1. The molecule has 2 rings (SSSR count). The van der Waals surface area contributed by atoms with Crippen molar-refractivity contribution in [1.29, 1.82) is 0 Å². The summed E-state index contributed by atoms with van der Waals surface area (Å²) in [7, 11) is -2.56. The topological polar surface area (TPSA) is 66.5 Å². The van der Waals surface area contributed by atoms with E-state index in [1.807, 2.05) is 13.0 Å². The second kappa shape index (κ2) is 7.42. The highest BCUT2D eigenvalue weighted by atomic mass is 79.9. The molecule has 0 heterocycles. The van der Waals surface area contributed by atoms with Crippen LogP contribution in [0.3, 0.4) is 0 Å². The van der Waals surface area contributed by atoms with Crippen LogP contribution >= 0.6 is 15.9 Å². The van der Waals surface area contributed by atoms with Gasteiger partial charge in [-0.1, -0.05) is 15.9 Å². The number of likely N-dealkylation sites (N-methyl/N-ethyl adjacent to an activating group) is 1. The van der Waals surface area contributed by atoms with Gasteiger partial charge in [-0.15, -0.1) is 0 Å². The molecule has 0 saturated heterocycles. The number of hydrogen-bond donors (Lipinski definition) is 1. The molecule has 0 radical (unpaired) electrons. The number of carbonyl (C=O) groups is 1. The van der Waals surface area contributed by atoms with Crippen molar-refractivity contribution in [1.82, 2.24) is 4.31 Å². The van der Waals surface area contributed by atoms with Crippen LogP contribution in [0.4, 0.5) is 10.1 Å². The first-order valence-electron chi connectivity index (χ1n) is 6.98. The van der Waals surface area contributed by atoms with E-state index in [0.29, 0.717) is 5.69 Å². The minimum Gasteiger partial charge on any atom is -0.325 e. The Morgan fingerprint density at radius 3 is 2.42 bits per heavy atom. The van der Waals surface area contributed by atoms with E-state index in [0.717, 1.165) is 38.6 Å². The fraction of sp³-hybridized carbons (Fsp3) is 0.188. The lowest BCUT2D eigenvalue weighted by Gasteiger charge is -2.17. The molecule has 24 heavy (non-hydrogen) atoms. The highest BCUT2D eigenvalue weighted by molar-refractivity contribution is 9.10. The van der Waals surface area contributed by atoms with E-state index < -0.39 is 21.7 Å². The normalized spacial score (nSPS) is 11.5. The fourth-order valence-electron chi connectivity index (χ4n) is 2.03. The Kier molecular flexibility index (Phi) is 5.74. The smallest absolute Gasteiger partial charge is 0.243 e. The molecule has 2 aromatic carbocycles. The van der Waals surface area contributed by atoms with E-state index in [-0.39, 0.29) is 11.4 Å². The highest BCUT2D eigenvalue weighted by Crippen LogP contribution is 2.20. The van der Waals surface area contributed by atoms with Crippen LogP contribution < -0.4 is 5.32 Å². The number of halogens is 2. The van der Waals surface area contributed by atoms with Gasteiger partial charge in [0, 0.05) is 17.2 Å². The fourth-order valence-corrected chi connectivity index (χ4v) is 3.63. The zero-order valence-corrected chi connectivity index (χ0v) is 15.5. The number of aryl methyl sites for hydroxylation is 1. The molecule has 5 nitrogen and oxygen atoms in total. The van der Waals surface area contributed by atoms with Gasteiger partial charge in [0.15, 0.2) is 0 Å². The maximum Gasteiger partial charge on any atom is 0.243 e. The van der Waals surface area contributed by atoms with Crippen molar-refractivity contribution < 1.29 is 17.6 Å². The summed E-state index contributed by atoms with van der Waals surface area (Å²) in [5.41, 5.74) is 1.46. The molecule has 128 valence electrons. The summed E-state index contributed by atoms with van der Waals surface area (Å²) in [6.07, 6.45) is 0. The second-order valence-electron chi connectivity index (χ2n) is 5.22. The van der Waals surface area contributed by atoms with Gasteiger partial charge in [-0.2, -0.15) is 4.31 Å². The van der Waals surface area contributed by atoms with Crippen LogP contribution in [0.15, 0.2) is 51.8 Å². The van der Waals surface area contributed by atoms with Crippen LogP contribution in [0.2, 0.25) is 0 Å². The summed E-state index contributed by atoms with van der Waals surface area (Å²) in [5.74, 6) is -0.992. The Labute approximate surface area is 148 Å². The molecule has 0 unspecified atom stereocenters. The molecule has 1 amide bonds. The van der Waals surface area contributed by atoms with Gasteiger partial charge in [-0.05, 0) is 55.0 Å². The van der Waals surface area contributed by atoms with Gasteiger partial charge in [-0.25, -0.2) is 12.8 Å². The van der Waals surface area contributed by atoms with Gasteiger partial charge < -0.3 is 5.32 Å². The number of benzene rings is 2. The average molecular weight is 415 g/mol. The Morgan fingerprint density at radius 2 is 1.83 bits per heavy atom. The standard InChI is InChI=1S/C16H16BrFN2O3S/c1-11-9-12(17)3-8-15(11)19-16(21)10-20(2)24(22,23)14-6-4-13(18)5-7-14/h3-9H,10H2,1-2H3,(H,19,21). The molecule has 0 saturated carbocycles. The molecule has 1 N–H and O–H groups in total. The Bertz CT molecular complexity index is 854. The van der Waals surface area contributed by atoms with E-state index >= 15 is 0 Å². The monoisotopic (exact) mass is 414 g/mol. The van der Waals surface area contributed by atoms with Crippen molar-refractivity contribution in [2.45, 2.75) is 11.8 Å². The van der Waals surface area contributed by atoms with Crippen LogP contribution in [0, 0.1) is 12.7 Å². The van der Waals surface area contributed by atoms with Crippen molar-refractivity contribution >= 4 is 37.5 Å². The molecular formula is C16H16BrFN2O3S. The molecule has 0 aliphatic heterocycles. The number of sulfonamides is 1. The van der Waals surface area contributed by atoms with Crippen LogP contribution in [-0.2, 0) is 14.8 Å². The second-order valence-corrected chi connectivity index (χ2v) is 8.18. The maximum atomic E-state index is 12.9. The van der Waals surface area contributed by atoms with Gasteiger partial charge >= 0.3 is 0 Å². The summed E-state index contributed by atoms with van der Waals surface area (Å²) >= 11 is 3.33. The summed E-state index contributed by atoms with van der Waals surface area (Å²) in [6.45, 7) is 1.48. The molecular weight excluding hydrogens is 399 g/mol. The first-order valence-corrected chi connectivity index (χ1v) is 9.21. The van der Waals surface area contributed by atoms with Crippen LogP contribution in [0.1, 0.15) is 5.56 Å². The zero-order valence-electron chi connectivity index (χ0n) is 13.1. The predicted octanol–water partition coefficient (Wildman–Crippen LogP) is 3.16. The third kappa shape index (κ3) is 4.40. The van der Waals surface area contributed by atoms with E-state index in [4.69, 9.17) is 0 Å². The van der Waals surface area contributed by atoms with Gasteiger partial charge in [0.05, 0.1) is 11.4 Å². The van der Waals surface area contributed by atoms with Crippen LogP contribution in [0.25, 0.3) is 0 Å².